The number of furan rings is 3. The Balaban J connectivity index is 0.000000137. The number of para-hydroxylation sites is 2. The predicted octanol–water partition coefficient (Wildman–Crippen LogP) is 30.4. The van der Waals surface area contributed by atoms with Crippen LogP contribution in [0.25, 0.3) is 130 Å². The zero-order valence-electron chi connectivity index (χ0n) is 62.9. The highest BCUT2D eigenvalue weighted by atomic mass is 32.1. The zero-order chi connectivity index (χ0) is 76.4. The van der Waals surface area contributed by atoms with Crippen LogP contribution in [0.2, 0.25) is 0 Å². The van der Waals surface area contributed by atoms with Gasteiger partial charge in [-0.15, -0.1) is 11.3 Å². The molecule has 24 rings (SSSR count). The maximum absolute atomic E-state index is 6.78. The Bertz CT molecular complexity index is 7510. The molecule has 5 nitrogen and oxygen atoms in total. The third-order valence-corrected chi connectivity index (χ3v) is 25.4. The molecule has 0 N–H and O–H groups in total. The normalized spacial score (nSPS) is 13.0. The summed E-state index contributed by atoms with van der Waals surface area (Å²) in [5.41, 5.74) is 30.8. The van der Waals surface area contributed by atoms with Gasteiger partial charge in [-0.05, 0) is 198 Å². The van der Waals surface area contributed by atoms with Gasteiger partial charge in [-0.25, -0.2) is 0 Å². The van der Waals surface area contributed by atoms with Crippen molar-refractivity contribution in [1.82, 2.24) is 0 Å². The molecular formula is C110H70N2O3S. The van der Waals surface area contributed by atoms with E-state index in [1.807, 2.05) is 35.6 Å². The van der Waals surface area contributed by atoms with Crippen molar-refractivity contribution in [2.45, 2.75) is 10.8 Å². The van der Waals surface area contributed by atoms with Crippen LogP contribution in [0.4, 0.5) is 34.1 Å². The fourth-order valence-electron chi connectivity index (χ4n) is 19.2. The molecule has 544 valence electrons. The van der Waals surface area contributed by atoms with Crippen molar-refractivity contribution in [2.75, 3.05) is 9.80 Å². The number of nitrogens with zero attached hydrogens (tertiary/aromatic N) is 2. The van der Waals surface area contributed by atoms with Crippen LogP contribution in [-0.2, 0) is 10.8 Å². The van der Waals surface area contributed by atoms with Gasteiger partial charge < -0.3 is 23.1 Å². The van der Waals surface area contributed by atoms with E-state index in [0.717, 1.165) is 99.9 Å². The Hall–Kier alpha value is -14.8. The molecule has 0 fully saturated rings. The number of fused-ring (bicyclic) bond motifs is 18. The second-order valence-electron chi connectivity index (χ2n) is 30.5. The smallest absolute Gasteiger partial charge is 0.137 e. The van der Waals surface area contributed by atoms with Gasteiger partial charge in [0.05, 0.1) is 10.8 Å². The lowest BCUT2D eigenvalue weighted by atomic mass is 9.67. The first-order valence-electron chi connectivity index (χ1n) is 39.7. The average molecular weight is 1500 g/mol. The van der Waals surface area contributed by atoms with Gasteiger partial charge in [0.15, 0.2) is 0 Å². The second-order valence-corrected chi connectivity index (χ2v) is 31.5. The third kappa shape index (κ3) is 10.5. The topological polar surface area (TPSA) is 45.9 Å². The van der Waals surface area contributed by atoms with Crippen LogP contribution >= 0.6 is 11.3 Å². The van der Waals surface area contributed by atoms with E-state index in [1.54, 1.807) is 0 Å². The first-order valence-corrected chi connectivity index (χ1v) is 40.5. The summed E-state index contributed by atoms with van der Waals surface area (Å²) in [4.78, 5) is 4.70. The third-order valence-electron chi connectivity index (χ3n) is 24.3. The lowest BCUT2D eigenvalue weighted by Gasteiger charge is -2.33. The highest BCUT2D eigenvalue weighted by molar-refractivity contribution is 7.25. The van der Waals surface area contributed by atoms with E-state index >= 15 is 0 Å². The van der Waals surface area contributed by atoms with Crippen molar-refractivity contribution in [3.05, 3.63) is 469 Å². The van der Waals surface area contributed by atoms with Crippen molar-refractivity contribution in [3.8, 4) is 44.5 Å². The molecule has 0 spiro atoms. The standard InChI is InChI=1S/C55H35NO2.C55H35NOS/c1-3-13-36(14-4-1)37-23-26-40(27-24-37)56(41-28-31-52-47(34-41)45-19-9-12-22-51(45)57-52)42-29-32-53-48(35-42)46-30-25-39(33-54(46)58-53)55(38-15-5-2-6-16-38)49-20-10-7-17-43(49)44-18-8-11-21-50(44)55;1-3-14-36(15-4-1)37-16-13-19-40(32-37)56(41-27-30-46-45-22-9-12-25-51(45)57-52(46)34-41)42-28-31-48-47-29-26-39(33-53(47)58-54(48)35-42)55(38-17-5-2-6-18-38)49-23-10-7-20-43(49)44-21-8-11-24-50(44)55/h2*1-35H. The molecule has 6 heteroatoms. The molecule has 2 aliphatic carbocycles. The molecule has 0 saturated carbocycles. The molecule has 22 aromatic rings. The summed E-state index contributed by atoms with van der Waals surface area (Å²) in [6.07, 6.45) is 0. The molecule has 4 heterocycles. The molecule has 0 unspecified atom stereocenters. The van der Waals surface area contributed by atoms with E-state index in [9.17, 15) is 0 Å². The van der Waals surface area contributed by atoms with Crippen molar-refractivity contribution >= 4 is 131 Å². The number of thiophene rings is 1. The van der Waals surface area contributed by atoms with Crippen molar-refractivity contribution in [2.24, 2.45) is 0 Å². The van der Waals surface area contributed by atoms with E-state index in [4.69, 9.17) is 13.3 Å². The molecule has 18 aromatic carbocycles. The molecule has 0 bridgehead atoms. The van der Waals surface area contributed by atoms with Gasteiger partial charge >= 0.3 is 0 Å². The number of hydrogen-bond donors (Lipinski definition) is 0. The summed E-state index contributed by atoms with van der Waals surface area (Å²) >= 11 is 1.87. The van der Waals surface area contributed by atoms with Crippen LogP contribution in [0.3, 0.4) is 0 Å². The van der Waals surface area contributed by atoms with E-state index in [1.165, 1.54) is 109 Å². The maximum atomic E-state index is 6.78. The minimum Gasteiger partial charge on any atom is -0.456 e. The van der Waals surface area contributed by atoms with Crippen molar-refractivity contribution < 1.29 is 13.3 Å². The first-order chi connectivity index (χ1) is 57.5. The SMILES string of the molecule is c1ccc(-c2ccc(N(c3ccc4oc5ccccc5c4c3)c3ccc4oc5cc(C6(c7ccccc7)c7ccccc7-c7ccccc76)ccc5c4c3)cc2)cc1.c1ccc(-c2cccc(N(c3ccc4c(c3)oc3ccccc34)c3ccc4c(c3)sc3cc(C5(c6ccccc6)c6ccccc6-c6ccccc65)ccc34)c2)cc1. The Morgan fingerprint density at radius 3 is 1.07 bits per heavy atom. The quantitative estimate of drug-likeness (QED) is 0.122. The van der Waals surface area contributed by atoms with Crippen LogP contribution < -0.4 is 9.80 Å². The number of rotatable bonds is 12. The van der Waals surface area contributed by atoms with Gasteiger partial charge in [0.1, 0.15) is 33.5 Å². The highest BCUT2D eigenvalue weighted by Crippen LogP contribution is 2.59. The van der Waals surface area contributed by atoms with E-state index in [-0.39, 0.29) is 0 Å². The Morgan fingerprint density at radius 1 is 0.181 bits per heavy atom. The van der Waals surface area contributed by atoms with Gasteiger partial charge in [0.25, 0.3) is 0 Å². The summed E-state index contributed by atoms with van der Waals surface area (Å²) in [6.45, 7) is 0. The van der Waals surface area contributed by atoms with E-state index in [2.05, 4.69) is 410 Å². The van der Waals surface area contributed by atoms with Gasteiger partial charge in [-0.3, -0.25) is 0 Å². The largest absolute Gasteiger partial charge is 0.456 e. The highest BCUT2D eigenvalue weighted by Gasteiger charge is 2.48. The zero-order valence-corrected chi connectivity index (χ0v) is 63.8. The minimum atomic E-state index is -0.495. The predicted molar refractivity (Wildman–Crippen MR) is 482 cm³/mol. The Kier molecular flexibility index (Phi) is 15.6. The van der Waals surface area contributed by atoms with Crippen molar-refractivity contribution in [3.63, 3.8) is 0 Å². The molecular weight excluding hydrogens is 1430 g/mol. The van der Waals surface area contributed by atoms with Gasteiger partial charge in [0, 0.05) is 92.7 Å². The monoisotopic (exact) mass is 1500 g/mol. The van der Waals surface area contributed by atoms with Gasteiger partial charge in [-0.2, -0.15) is 0 Å². The molecule has 0 saturated heterocycles. The lowest BCUT2D eigenvalue weighted by molar-refractivity contribution is 0.665. The molecule has 0 amide bonds. The number of anilines is 6. The van der Waals surface area contributed by atoms with Crippen LogP contribution in [0, 0.1) is 0 Å². The second kappa shape index (κ2) is 27.0. The minimum absolute atomic E-state index is 0.431. The lowest BCUT2D eigenvalue weighted by Crippen LogP contribution is -2.28. The van der Waals surface area contributed by atoms with E-state index in [0.29, 0.717) is 0 Å². The first kappa shape index (κ1) is 66.9. The van der Waals surface area contributed by atoms with Gasteiger partial charge in [-0.1, -0.05) is 309 Å². The van der Waals surface area contributed by atoms with Crippen LogP contribution in [-0.4, -0.2) is 0 Å². The fourth-order valence-corrected chi connectivity index (χ4v) is 20.4. The summed E-state index contributed by atoms with van der Waals surface area (Å²) < 4.78 is 22.0. The van der Waals surface area contributed by atoms with E-state index < -0.39 is 10.8 Å². The molecule has 116 heavy (non-hydrogen) atoms. The molecule has 0 atom stereocenters. The van der Waals surface area contributed by atoms with Gasteiger partial charge in [0.2, 0.25) is 0 Å². The molecule has 0 aliphatic heterocycles. The summed E-state index contributed by atoms with van der Waals surface area (Å²) in [6, 6.07) is 154. The van der Waals surface area contributed by atoms with Crippen LogP contribution in [0.15, 0.2) is 438 Å². The summed E-state index contributed by atoms with van der Waals surface area (Å²) in [5, 5.41) is 9.14. The maximum Gasteiger partial charge on any atom is 0.137 e. The molecule has 4 aromatic heterocycles. The fraction of sp³-hybridized carbons (Fsp3) is 0.0182. The van der Waals surface area contributed by atoms with Crippen LogP contribution in [0.1, 0.15) is 44.5 Å². The average Bonchev–Trinajstić information content (AvgIpc) is 1.54. The molecule has 2 aliphatic rings. The van der Waals surface area contributed by atoms with Crippen molar-refractivity contribution in [1.29, 1.82) is 0 Å². The Morgan fingerprint density at radius 2 is 0.517 bits per heavy atom. The van der Waals surface area contributed by atoms with Crippen LogP contribution in [0.5, 0.6) is 0 Å². The Labute approximate surface area is 674 Å². The molecule has 0 radical (unpaired) electrons. The summed E-state index contributed by atoms with van der Waals surface area (Å²) in [7, 11) is 0. The number of hydrogen-bond acceptors (Lipinski definition) is 6. The summed E-state index contributed by atoms with van der Waals surface area (Å²) in [5.74, 6) is 0. The number of benzene rings is 18.